The zero-order valence-corrected chi connectivity index (χ0v) is 19.6. The van der Waals surface area contributed by atoms with Crippen molar-refractivity contribution in [2.45, 2.75) is 24.2 Å². The summed E-state index contributed by atoms with van der Waals surface area (Å²) in [6, 6.07) is 8.56. The maximum Gasteiger partial charge on any atom is 0.243 e. The predicted octanol–water partition coefficient (Wildman–Crippen LogP) is 2.38. The summed E-state index contributed by atoms with van der Waals surface area (Å²) in [5.41, 5.74) is 0. The molecule has 2 saturated heterocycles. The van der Waals surface area contributed by atoms with Crippen LogP contribution in [0.4, 0.5) is 5.82 Å². The van der Waals surface area contributed by atoms with E-state index in [1.54, 1.807) is 36.8 Å². The van der Waals surface area contributed by atoms with Crippen LogP contribution in [0.3, 0.4) is 0 Å². The lowest BCUT2D eigenvalue weighted by Gasteiger charge is -2.33. The van der Waals surface area contributed by atoms with E-state index < -0.39 is 10.0 Å². The lowest BCUT2D eigenvalue weighted by atomic mass is 9.96. The van der Waals surface area contributed by atoms with Crippen LogP contribution in [0.25, 0.3) is 0 Å². The highest BCUT2D eigenvalue weighted by molar-refractivity contribution is 9.10. The van der Waals surface area contributed by atoms with Crippen molar-refractivity contribution in [2.75, 3.05) is 44.2 Å². The Morgan fingerprint density at radius 3 is 2.39 bits per heavy atom. The average molecular weight is 508 g/mol. The van der Waals surface area contributed by atoms with Crippen molar-refractivity contribution in [3.05, 3.63) is 47.3 Å². The van der Waals surface area contributed by atoms with Gasteiger partial charge >= 0.3 is 0 Å². The molecule has 1 aromatic carbocycles. The molecule has 0 radical (unpaired) electrons. The van der Waals surface area contributed by atoms with Gasteiger partial charge < -0.3 is 9.80 Å². The third-order valence-corrected chi connectivity index (χ3v) is 8.39. The van der Waals surface area contributed by atoms with Gasteiger partial charge in [0.1, 0.15) is 12.1 Å². The van der Waals surface area contributed by atoms with Crippen LogP contribution in [0, 0.1) is 5.92 Å². The number of piperidine rings is 1. The molecule has 4 rings (SSSR count). The zero-order valence-electron chi connectivity index (χ0n) is 17.2. The molecule has 0 atom stereocenters. The number of amides is 1. The van der Waals surface area contributed by atoms with Gasteiger partial charge in [0.15, 0.2) is 0 Å². The normalized spacial score (nSPS) is 19.3. The number of anilines is 1. The van der Waals surface area contributed by atoms with E-state index >= 15 is 0 Å². The molecule has 0 spiro atoms. The number of benzene rings is 1. The molecule has 8 nitrogen and oxygen atoms in total. The summed E-state index contributed by atoms with van der Waals surface area (Å²) >= 11 is 3.33. The fraction of sp³-hybridized carbons (Fsp3) is 0.476. The molecule has 2 fully saturated rings. The lowest BCUT2D eigenvalue weighted by molar-refractivity contribution is -0.136. The van der Waals surface area contributed by atoms with Crippen molar-refractivity contribution in [3.8, 4) is 0 Å². The summed E-state index contributed by atoms with van der Waals surface area (Å²) in [6.07, 6.45) is 5.26. The van der Waals surface area contributed by atoms with Crippen molar-refractivity contribution in [1.82, 2.24) is 19.2 Å². The smallest absolute Gasteiger partial charge is 0.243 e. The number of halogens is 1. The molecule has 0 saturated carbocycles. The van der Waals surface area contributed by atoms with E-state index in [-0.39, 0.29) is 16.7 Å². The number of sulfonamides is 1. The minimum absolute atomic E-state index is 0.123. The van der Waals surface area contributed by atoms with Crippen LogP contribution in [0.5, 0.6) is 0 Å². The van der Waals surface area contributed by atoms with E-state index in [2.05, 4.69) is 30.8 Å². The largest absolute Gasteiger partial charge is 0.355 e. The first-order chi connectivity index (χ1) is 14.9. The van der Waals surface area contributed by atoms with E-state index in [9.17, 15) is 13.2 Å². The highest BCUT2D eigenvalue weighted by Crippen LogP contribution is 2.26. The fourth-order valence-corrected chi connectivity index (χ4v) is 5.93. The van der Waals surface area contributed by atoms with Crippen LogP contribution in [0.15, 0.2) is 52.2 Å². The molecule has 2 aliphatic heterocycles. The van der Waals surface area contributed by atoms with E-state index in [0.717, 1.165) is 36.3 Å². The van der Waals surface area contributed by atoms with Gasteiger partial charge in [0.05, 0.1) is 4.90 Å². The molecule has 166 valence electrons. The first-order valence-electron chi connectivity index (χ1n) is 10.5. The summed E-state index contributed by atoms with van der Waals surface area (Å²) in [7, 11) is -3.53. The summed E-state index contributed by atoms with van der Waals surface area (Å²) < 4.78 is 28.1. The Morgan fingerprint density at radius 2 is 1.71 bits per heavy atom. The number of carbonyl (C=O) groups is 1. The van der Waals surface area contributed by atoms with Crippen LogP contribution < -0.4 is 4.90 Å². The Morgan fingerprint density at radius 1 is 0.968 bits per heavy atom. The average Bonchev–Trinajstić information content (AvgIpc) is 3.06. The molecular formula is C21H26BrN5O3S. The Hall–Kier alpha value is -2.04. The monoisotopic (exact) mass is 507 g/mol. The van der Waals surface area contributed by atoms with E-state index in [0.29, 0.717) is 32.5 Å². The summed E-state index contributed by atoms with van der Waals surface area (Å²) in [4.78, 5) is 25.8. The van der Waals surface area contributed by atoms with Gasteiger partial charge in [-0.25, -0.2) is 18.4 Å². The number of hydrogen-bond acceptors (Lipinski definition) is 6. The molecule has 2 aliphatic rings. The molecule has 0 bridgehead atoms. The van der Waals surface area contributed by atoms with Crippen LogP contribution in [-0.4, -0.2) is 72.8 Å². The van der Waals surface area contributed by atoms with Crippen molar-refractivity contribution >= 4 is 37.7 Å². The number of rotatable bonds is 4. The van der Waals surface area contributed by atoms with Gasteiger partial charge in [-0.3, -0.25) is 4.79 Å². The zero-order chi connectivity index (χ0) is 21.8. The Kier molecular flexibility index (Phi) is 6.88. The molecule has 0 unspecified atom stereocenters. The van der Waals surface area contributed by atoms with E-state index in [1.807, 2.05) is 11.0 Å². The van der Waals surface area contributed by atoms with Crippen LogP contribution in [-0.2, 0) is 14.8 Å². The first-order valence-corrected chi connectivity index (χ1v) is 12.7. The highest BCUT2D eigenvalue weighted by atomic mass is 79.9. The van der Waals surface area contributed by atoms with E-state index in [1.165, 1.54) is 4.31 Å². The van der Waals surface area contributed by atoms with Gasteiger partial charge in [0.2, 0.25) is 15.9 Å². The van der Waals surface area contributed by atoms with Crippen molar-refractivity contribution in [1.29, 1.82) is 0 Å². The van der Waals surface area contributed by atoms with Gasteiger partial charge in [0.25, 0.3) is 0 Å². The molecule has 10 heteroatoms. The highest BCUT2D eigenvalue weighted by Gasteiger charge is 2.34. The molecule has 3 heterocycles. The first kappa shape index (κ1) is 22.2. The molecular weight excluding hydrogens is 482 g/mol. The van der Waals surface area contributed by atoms with Crippen molar-refractivity contribution in [2.24, 2.45) is 5.92 Å². The van der Waals surface area contributed by atoms with Gasteiger partial charge in [-0.1, -0.05) is 15.9 Å². The predicted molar refractivity (Wildman–Crippen MR) is 121 cm³/mol. The SMILES string of the molecule is O=C(C1CCN(S(=O)(=O)c2ccc(Br)cc2)CC1)N1CCCN(c2ccncn2)CC1. The maximum absolute atomic E-state index is 13.1. The van der Waals surface area contributed by atoms with Gasteiger partial charge in [-0.05, 0) is 49.6 Å². The summed E-state index contributed by atoms with van der Waals surface area (Å²) in [5.74, 6) is 0.906. The lowest BCUT2D eigenvalue weighted by Crippen LogP contribution is -2.45. The minimum atomic E-state index is -3.53. The Labute approximate surface area is 191 Å². The molecule has 1 aromatic heterocycles. The van der Waals surface area contributed by atoms with Gasteiger partial charge in [-0.15, -0.1) is 0 Å². The third kappa shape index (κ3) is 5.07. The maximum atomic E-state index is 13.1. The van der Waals surface area contributed by atoms with Gasteiger partial charge in [0, 0.05) is 55.9 Å². The molecule has 0 N–H and O–H groups in total. The fourth-order valence-electron chi connectivity index (χ4n) is 4.19. The standard InChI is InChI=1S/C21H26BrN5O3S/c22-18-2-4-19(5-3-18)31(29,30)27-12-7-17(8-13-27)21(28)26-11-1-10-25(14-15-26)20-6-9-23-16-24-20/h2-6,9,16-17H,1,7-8,10-15H2. The second-order valence-corrected chi connectivity index (χ2v) is 10.7. The molecule has 1 amide bonds. The van der Waals surface area contributed by atoms with Crippen LogP contribution in [0.2, 0.25) is 0 Å². The second kappa shape index (κ2) is 9.62. The summed E-state index contributed by atoms with van der Waals surface area (Å²) in [5, 5.41) is 0. The number of carbonyl (C=O) groups excluding carboxylic acids is 1. The minimum Gasteiger partial charge on any atom is -0.355 e. The third-order valence-electron chi connectivity index (χ3n) is 5.95. The van der Waals surface area contributed by atoms with E-state index in [4.69, 9.17) is 0 Å². The van der Waals surface area contributed by atoms with Crippen molar-refractivity contribution < 1.29 is 13.2 Å². The van der Waals surface area contributed by atoms with Crippen LogP contribution in [0.1, 0.15) is 19.3 Å². The Bertz CT molecular complexity index is 995. The quantitative estimate of drug-likeness (QED) is 0.631. The topological polar surface area (TPSA) is 86.7 Å². The number of aromatic nitrogens is 2. The summed E-state index contributed by atoms with van der Waals surface area (Å²) in [6.45, 7) is 3.70. The van der Waals surface area contributed by atoms with Crippen molar-refractivity contribution in [3.63, 3.8) is 0 Å². The van der Waals surface area contributed by atoms with Crippen LogP contribution >= 0.6 is 15.9 Å². The van der Waals surface area contributed by atoms with Gasteiger partial charge in [-0.2, -0.15) is 4.31 Å². The molecule has 31 heavy (non-hydrogen) atoms. The second-order valence-electron chi connectivity index (χ2n) is 7.87. The molecule has 0 aliphatic carbocycles. The molecule has 2 aromatic rings. The number of hydrogen-bond donors (Lipinski definition) is 0. The Balaban J connectivity index is 1.33. The number of nitrogens with zero attached hydrogens (tertiary/aromatic N) is 5.